The minimum absolute atomic E-state index is 0.111. The van der Waals surface area contributed by atoms with E-state index < -0.39 is 0 Å². The molecular weight excluding hydrogens is 284 g/mol. The molecule has 21 heavy (non-hydrogen) atoms. The molecule has 0 bridgehead atoms. The van der Waals surface area contributed by atoms with E-state index in [1.807, 2.05) is 53.4 Å². The molecule has 4 nitrogen and oxygen atoms in total. The minimum Gasteiger partial charge on any atom is -0.377 e. The van der Waals surface area contributed by atoms with Gasteiger partial charge < -0.3 is 5.32 Å². The Morgan fingerprint density at radius 2 is 2.05 bits per heavy atom. The van der Waals surface area contributed by atoms with Crippen LogP contribution in [-0.2, 0) is 0 Å². The van der Waals surface area contributed by atoms with Gasteiger partial charge in [-0.15, -0.1) is 0 Å². The molecule has 0 aliphatic heterocycles. The molecule has 2 aromatic heterocycles. The molecule has 1 unspecified atom stereocenters. The zero-order chi connectivity index (χ0) is 14.7. The van der Waals surface area contributed by atoms with E-state index in [9.17, 15) is 0 Å². The van der Waals surface area contributed by atoms with Crippen LogP contribution in [0.25, 0.3) is 5.82 Å². The van der Waals surface area contributed by atoms with Gasteiger partial charge in [0.15, 0.2) is 0 Å². The Bertz CT molecular complexity index is 707. The van der Waals surface area contributed by atoms with Crippen molar-refractivity contribution in [3.63, 3.8) is 0 Å². The van der Waals surface area contributed by atoms with Crippen LogP contribution in [0.15, 0.2) is 61.3 Å². The molecule has 3 rings (SSSR count). The van der Waals surface area contributed by atoms with Crippen molar-refractivity contribution in [1.82, 2.24) is 14.5 Å². The fourth-order valence-corrected chi connectivity index (χ4v) is 2.47. The van der Waals surface area contributed by atoms with Crippen LogP contribution in [0.4, 0.5) is 5.69 Å². The lowest BCUT2D eigenvalue weighted by Crippen LogP contribution is -2.07. The highest BCUT2D eigenvalue weighted by Gasteiger charge is 2.09. The van der Waals surface area contributed by atoms with Crippen molar-refractivity contribution in [2.24, 2.45) is 0 Å². The first-order valence-electron chi connectivity index (χ1n) is 6.69. The molecule has 106 valence electrons. The molecule has 2 heterocycles. The summed E-state index contributed by atoms with van der Waals surface area (Å²) in [6.07, 6.45) is 7.12. The summed E-state index contributed by atoms with van der Waals surface area (Å²) in [5, 5.41) is 4.16. The van der Waals surface area contributed by atoms with Gasteiger partial charge in [0.25, 0.3) is 0 Å². The van der Waals surface area contributed by atoms with Crippen LogP contribution in [-0.4, -0.2) is 14.5 Å². The second kappa shape index (κ2) is 5.97. The van der Waals surface area contributed by atoms with Crippen molar-refractivity contribution >= 4 is 17.3 Å². The quantitative estimate of drug-likeness (QED) is 0.789. The van der Waals surface area contributed by atoms with E-state index in [4.69, 9.17) is 11.6 Å². The molecule has 0 saturated carbocycles. The third-order valence-electron chi connectivity index (χ3n) is 3.27. The van der Waals surface area contributed by atoms with E-state index in [-0.39, 0.29) is 6.04 Å². The standard InChI is InChI=1S/C16H15ClN4/c1-12(14-4-2-3-5-15(14)17)20-13-6-7-16(19-10-13)21-9-8-18-11-21/h2-12,20H,1H3. The van der Waals surface area contributed by atoms with Crippen LogP contribution in [0, 0.1) is 0 Å². The Hall–Kier alpha value is -2.33. The molecule has 0 amide bonds. The normalized spacial score (nSPS) is 12.1. The van der Waals surface area contributed by atoms with Gasteiger partial charge in [0, 0.05) is 17.4 Å². The fraction of sp³-hybridized carbons (Fsp3) is 0.125. The smallest absolute Gasteiger partial charge is 0.137 e. The maximum atomic E-state index is 6.21. The number of anilines is 1. The van der Waals surface area contributed by atoms with E-state index in [0.29, 0.717) is 0 Å². The lowest BCUT2D eigenvalue weighted by Gasteiger charge is -2.17. The van der Waals surface area contributed by atoms with Gasteiger partial charge in [-0.2, -0.15) is 0 Å². The van der Waals surface area contributed by atoms with E-state index in [2.05, 4.69) is 22.2 Å². The maximum absolute atomic E-state index is 6.21. The van der Waals surface area contributed by atoms with Gasteiger partial charge >= 0.3 is 0 Å². The number of halogens is 1. The molecule has 0 radical (unpaired) electrons. The lowest BCUT2D eigenvalue weighted by molar-refractivity contribution is 0.881. The monoisotopic (exact) mass is 298 g/mol. The van der Waals surface area contributed by atoms with Gasteiger partial charge in [0.05, 0.1) is 17.9 Å². The highest BCUT2D eigenvalue weighted by molar-refractivity contribution is 6.31. The molecule has 1 N–H and O–H groups in total. The second-order valence-corrected chi connectivity index (χ2v) is 5.17. The molecule has 0 aliphatic rings. The Kier molecular flexibility index (Phi) is 3.88. The first kappa shape index (κ1) is 13.6. The summed E-state index contributed by atoms with van der Waals surface area (Å²) in [6, 6.07) is 11.9. The van der Waals surface area contributed by atoms with Crippen LogP contribution in [0.3, 0.4) is 0 Å². The minimum atomic E-state index is 0.111. The van der Waals surface area contributed by atoms with Crippen molar-refractivity contribution in [3.05, 3.63) is 71.9 Å². The topological polar surface area (TPSA) is 42.7 Å². The number of hydrogen-bond acceptors (Lipinski definition) is 3. The Morgan fingerprint density at radius 1 is 1.19 bits per heavy atom. The molecule has 0 spiro atoms. The Balaban J connectivity index is 1.75. The van der Waals surface area contributed by atoms with E-state index >= 15 is 0 Å². The van der Waals surface area contributed by atoms with Gasteiger partial charge in [-0.3, -0.25) is 4.57 Å². The molecule has 1 aromatic carbocycles. The molecule has 0 saturated heterocycles. The van der Waals surface area contributed by atoms with Gasteiger partial charge in [-0.1, -0.05) is 29.8 Å². The van der Waals surface area contributed by atoms with Crippen LogP contribution in [0.1, 0.15) is 18.5 Å². The second-order valence-electron chi connectivity index (χ2n) is 4.76. The first-order chi connectivity index (χ1) is 10.2. The summed E-state index contributed by atoms with van der Waals surface area (Å²) in [5.74, 6) is 0.837. The number of benzene rings is 1. The summed E-state index contributed by atoms with van der Waals surface area (Å²) in [4.78, 5) is 8.43. The zero-order valence-electron chi connectivity index (χ0n) is 11.6. The molecule has 3 aromatic rings. The summed E-state index contributed by atoms with van der Waals surface area (Å²) in [6.45, 7) is 2.07. The third-order valence-corrected chi connectivity index (χ3v) is 3.62. The number of imidazole rings is 1. The number of pyridine rings is 1. The predicted octanol–water partition coefficient (Wildman–Crippen LogP) is 4.09. The van der Waals surface area contributed by atoms with Crippen molar-refractivity contribution < 1.29 is 0 Å². The molecule has 0 aliphatic carbocycles. The summed E-state index contributed by atoms with van der Waals surface area (Å²) in [7, 11) is 0. The number of rotatable bonds is 4. The van der Waals surface area contributed by atoms with Gasteiger partial charge in [-0.05, 0) is 30.7 Å². The van der Waals surface area contributed by atoms with E-state index in [1.54, 1.807) is 12.5 Å². The SMILES string of the molecule is CC(Nc1ccc(-n2ccnc2)nc1)c1ccccc1Cl. The Morgan fingerprint density at radius 3 is 2.71 bits per heavy atom. The predicted molar refractivity (Wildman–Crippen MR) is 84.8 cm³/mol. The third kappa shape index (κ3) is 3.06. The van der Waals surface area contributed by atoms with E-state index in [1.165, 1.54) is 0 Å². The largest absolute Gasteiger partial charge is 0.377 e. The van der Waals surface area contributed by atoms with Crippen molar-refractivity contribution in [2.45, 2.75) is 13.0 Å². The van der Waals surface area contributed by atoms with Crippen LogP contribution >= 0.6 is 11.6 Å². The Labute approximate surface area is 128 Å². The molecule has 5 heteroatoms. The average molecular weight is 299 g/mol. The van der Waals surface area contributed by atoms with Gasteiger partial charge in [-0.25, -0.2) is 9.97 Å². The number of hydrogen-bond donors (Lipinski definition) is 1. The van der Waals surface area contributed by atoms with Crippen LogP contribution in [0.2, 0.25) is 5.02 Å². The number of nitrogens with one attached hydrogen (secondary N) is 1. The van der Waals surface area contributed by atoms with E-state index in [0.717, 1.165) is 22.1 Å². The van der Waals surface area contributed by atoms with Gasteiger partial charge in [0.2, 0.25) is 0 Å². The summed E-state index contributed by atoms with van der Waals surface area (Å²) < 4.78 is 1.86. The average Bonchev–Trinajstić information content (AvgIpc) is 3.02. The summed E-state index contributed by atoms with van der Waals surface area (Å²) in [5.41, 5.74) is 2.02. The fourth-order valence-electron chi connectivity index (χ4n) is 2.17. The maximum Gasteiger partial charge on any atom is 0.137 e. The first-order valence-corrected chi connectivity index (χ1v) is 7.07. The highest BCUT2D eigenvalue weighted by atomic mass is 35.5. The molecule has 0 fully saturated rings. The summed E-state index contributed by atoms with van der Waals surface area (Å²) >= 11 is 6.21. The number of nitrogens with zero attached hydrogens (tertiary/aromatic N) is 3. The van der Waals surface area contributed by atoms with Crippen LogP contribution in [0.5, 0.6) is 0 Å². The molecular formula is C16H15ClN4. The van der Waals surface area contributed by atoms with Crippen molar-refractivity contribution in [1.29, 1.82) is 0 Å². The van der Waals surface area contributed by atoms with Gasteiger partial charge in [0.1, 0.15) is 12.1 Å². The highest BCUT2D eigenvalue weighted by Crippen LogP contribution is 2.25. The van der Waals surface area contributed by atoms with Crippen molar-refractivity contribution in [2.75, 3.05) is 5.32 Å². The lowest BCUT2D eigenvalue weighted by atomic mass is 10.1. The number of aromatic nitrogens is 3. The molecule has 1 atom stereocenters. The van der Waals surface area contributed by atoms with Crippen LogP contribution < -0.4 is 5.32 Å². The van der Waals surface area contributed by atoms with Crippen molar-refractivity contribution in [3.8, 4) is 5.82 Å². The zero-order valence-corrected chi connectivity index (χ0v) is 12.3.